The number of rotatable bonds is 5. The van der Waals surface area contributed by atoms with Crippen LogP contribution in [0.1, 0.15) is 32.1 Å². The van der Waals surface area contributed by atoms with Crippen LogP contribution in [0.4, 0.5) is 0 Å². The molecule has 2 bridgehead atoms. The lowest BCUT2D eigenvalue weighted by Crippen LogP contribution is -2.42. The van der Waals surface area contributed by atoms with Crippen molar-refractivity contribution in [3.05, 3.63) is 12.2 Å². The smallest absolute Gasteiger partial charge is 0.305 e. The van der Waals surface area contributed by atoms with Crippen LogP contribution < -0.4 is 5.32 Å². The average Bonchev–Trinajstić information content (AvgIpc) is 2.95. The number of carbonyl (C=O) groups is 2. The summed E-state index contributed by atoms with van der Waals surface area (Å²) < 4.78 is 0. The van der Waals surface area contributed by atoms with Gasteiger partial charge in [-0.05, 0) is 43.4 Å². The Morgan fingerprint density at radius 3 is 2.56 bits per heavy atom. The first kappa shape index (κ1) is 11.8. The molecular formula is C14H19NO3. The third-order valence-corrected chi connectivity index (χ3v) is 4.53. The molecule has 3 aliphatic carbocycles. The van der Waals surface area contributed by atoms with Crippen molar-refractivity contribution in [2.75, 3.05) is 0 Å². The largest absolute Gasteiger partial charge is 0.481 e. The highest BCUT2D eigenvalue weighted by Gasteiger charge is 2.42. The van der Waals surface area contributed by atoms with Crippen LogP contribution >= 0.6 is 0 Å². The van der Waals surface area contributed by atoms with Crippen molar-refractivity contribution in [3.8, 4) is 0 Å². The molecule has 0 saturated heterocycles. The second kappa shape index (κ2) is 4.41. The third kappa shape index (κ3) is 2.28. The zero-order valence-corrected chi connectivity index (χ0v) is 10.3. The van der Waals surface area contributed by atoms with E-state index in [9.17, 15) is 9.59 Å². The number of aliphatic carboxylic acids is 1. The molecule has 4 heteroatoms. The highest BCUT2D eigenvalue weighted by Crippen LogP contribution is 2.44. The zero-order valence-electron chi connectivity index (χ0n) is 10.3. The van der Waals surface area contributed by atoms with Gasteiger partial charge in [0.05, 0.1) is 6.42 Å². The fraction of sp³-hybridized carbons (Fsp3) is 0.714. The fourth-order valence-electron chi connectivity index (χ4n) is 3.39. The predicted molar refractivity (Wildman–Crippen MR) is 65.8 cm³/mol. The Balaban J connectivity index is 1.59. The molecule has 18 heavy (non-hydrogen) atoms. The fourth-order valence-corrected chi connectivity index (χ4v) is 3.39. The van der Waals surface area contributed by atoms with Gasteiger partial charge in [-0.1, -0.05) is 12.2 Å². The van der Waals surface area contributed by atoms with E-state index in [2.05, 4.69) is 17.5 Å². The van der Waals surface area contributed by atoms with Crippen LogP contribution in [0.2, 0.25) is 0 Å². The van der Waals surface area contributed by atoms with E-state index in [1.165, 1.54) is 0 Å². The van der Waals surface area contributed by atoms with E-state index in [1.54, 1.807) is 0 Å². The second-order valence-corrected chi connectivity index (χ2v) is 5.94. The summed E-state index contributed by atoms with van der Waals surface area (Å²) in [6.45, 7) is 0. The highest BCUT2D eigenvalue weighted by atomic mass is 16.4. The lowest BCUT2D eigenvalue weighted by Gasteiger charge is -2.22. The van der Waals surface area contributed by atoms with Crippen molar-refractivity contribution in [3.63, 3.8) is 0 Å². The van der Waals surface area contributed by atoms with E-state index in [4.69, 9.17) is 5.11 Å². The van der Waals surface area contributed by atoms with Gasteiger partial charge in [0.2, 0.25) is 5.91 Å². The average molecular weight is 249 g/mol. The Hall–Kier alpha value is -1.32. The molecule has 3 aliphatic rings. The van der Waals surface area contributed by atoms with Crippen molar-refractivity contribution in [1.29, 1.82) is 0 Å². The molecule has 2 N–H and O–H groups in total. The van der Waals surface area contributed by atoms with Gasteiger partial charge in [-0.3, -0.25) is 9.59 Å². The number of carbonyl (C=O) groups excluding carboxylic acids is 1. The van der Waals surface area contributed by atoms with Gasteiger partial charge in [-0.15, -0.1) is 0 Å². The zero-order chi connectivity index (χ0) is 12.7. The van der Waals surface area contributed by atoms with Crippen LogP contribution in [0.25, 0.3) is 0 Å². The minimum atomic E-state index is -0.819. The molecular weight excluding hydrogens is 230 g/mol. The monoisotopic (exact) mass is 249 g/mol. The normalized spacial score (nSPS) is 34.6. The third-order valence-electron chi connectivity index (χ3n) is 4.53. The van der Waals surface area contributed by atoms with Gasteiger partial charge in [0.1, 0.15) is 0 Å². The number of allylic oxidation sites excluding steroid dienone is 2. The Morgan fingerprint density at radius 1 is 1.28 bits per heavy atom. The van der Waals surface area contributed by atoms with Gasteiger partial charge in [0, 0.05) is 12.0 Å². The van der Waals surface area contributed by atoms with Crippen molar-refractivity contribution >= 4 is 11.9 Å². The lowest BCUT2D eigenvalue weighted by molar-refractivity contribution is -0.138. The molecule has 0 spiro atoms. The Bertz CT molecular complexity index is 400. The van der Waals surface area contributed by atoms with Crippen LogP contribution in [0, 0.1) is 23.7 Å². The molecule has 0 aromatic rings. The summed E-state index contributed by atoms with van der Waals surface area (Å²) in [5, 5.41) is 11.9. The molecule has 2 fully saturated rings. The Morgan fingerprint density at radius 2 is 2.06 bits per heavy atom. The molecule has 0 aromatic heterocycles. The molecule has 1 amide bonds. The summed E-state index contributed by atoms with van der Waals surface area (Å²) >= 11 is 0. The summed E-state index contributed by atoms with van der Waals surface area (Å²) in [4.78, 5) is 23.0. The molecule has 4 nitrogen and oxygen atoms in total. The molecule has 4 atom stereocenters. The van der Waals surface area contributed by atoms with E-state index in [1.807, 2.05) is 0 Å². The van der Waals surface area contributed by atoms with Crippen LogP contribution in [0.5, 0.6) is 0 Å². The summed E-state index contributed by atoms with van der Waals surface area (Å²) in [6.07, 6.45) is 8.57. The number of carboxylic acids is 1. The predicted octanol–water partition coefficient (Wildman–Crippen LogP) is 1.57. The summed E-state index contributed by atoms with van der Waals surface area (Å²) in [5.41, 5.74) is 0. The van der Waals surface area contributed by atoms with Gasteiger partial charge in [0.25, 0.3) is 0 Å². The van der Waals surface area contributed by atoms with Crippen molar-refractivity contribution in [2.45, 2.75) is 38.1 Å². The lowest BCUT2D eigenvalue weighted by atomic mass is 9.92. The quantitative estimate of drug-likeness (QED) is 0.727. The number of carboxylic acid groups (broad SMARTS) is 1. The van der Waals surface area contributed by atoms with Gasteiger partial charge in [-0.2, -0.15) is 0 Å². The van der Waals surface area contributed by atoms with Crippen molar-refractivity contribution in [1.82, 2.24) is 5.32 Å². The number of hydrogen-bond donors (Lipinski definition) is 2. The van der Waals surface area contributed by atoms with E-state index in [0.29, 0.717) is 17.8 Å². The van der Waals surface area contributed by atoms with Crippen molar-refractivity contribution in [2.24, 2.45) is 23.7 Å². The van der Waals surface area contributed by atoms with Gasteiger partial charge in [0.15, 0.2) is 0 Å². The first-order valence-corrected chi connectivity index (χ1v) is 6.84. The van der Waals surface area contributed by atoms with Gasteiger partial charge < -0.3 is 10.4 Å². The molecule has 3 rings (SSSR count). The summed E-state index contributed by atoms with van der Waals surface area (Å²) in [6, 6.07) is -0.155. The highest BCUT2D eigenvalue weighted by molar-refractivity contribution is 5.81. The molecule has 0 aromatic carbocycles. The van der Waals surface area contributed by atoms with Crippen LogP contribution in [-0.4, -0.2) is 23.0 Å². The molecule has 98 valence electrons. The van der Waals surface area contributed by atoms with Crippen LogP contribution in [0.3, 0.4) is 0 Å². The molecule has 0 heterocycles. The van der Waals surface area contributed by atoms with Crippen LogP contribution in [0.15, 0.2) is 12.2 Å². The molecule has 0 aliphatic heterocycles. The number of fused-ring (bicyclic) bond motifs is 2. The van der Waals surface area contributed by atoms with Gasteiger partial charge in [-0.25, -0.2) is 0 Å². The Labute approximate surface area is 106 Å². The minimum Gasteiger partial charge on any atom is -0.481 e. The number of nitrogens with one attached hydrogen (secondary N) is 1. The first-order valence-electron chi connectivity index (χ1n) is 6.84. The SMILES string of the molecule is O=C(O)CC(NC(=O)C1CC2C=CC1C2)C1CC1. The Kier molecular flexibility index (Phi) is 2.88. The standard InChI is InChI=1S/C14H19NO3/c16-13(17)7-12(9-3-4-9)15-14(18)11-6-8-1-2-10(11)5-8/h1-2,8-12H,3-7H2,(H,15,18)(H,16,17). The first-order chi connectivity index (χ1) is 8.63. The minimum absolute atomic E-state index is 0.0626. The number of amides is 1. The maximum absolute atomic E-state index is 12.2. The van der Waals surface area contributed by atoms with E-state index >= 15 is 0 Å². The molecule has 2 saturated carbocycles. The van der Waals surface area contributed by atoms with Crippen molar-refractivity contribution < 1.29 is 14.7 Å². The second-order valence-electron chi connectivity index (χ2n) is 5.94. The van der Waals surface area contributed by atoms with Gasteiger partial charge >= 0.3 is 5.97 Å². The maximum Gasteiger partial charge on any atom is 0.305 e. The maximum atomic E-state index is 12.2. The van der Waals surface area contributed by atoms with E-state index < -0.39 is 5.97 Å². The molecule has 0 radical (unpaired) electrons. The topological polar surface area (TPSA) is 66.4 Å². The van der Waals surface area contributed by atoms with E-state index in [0.717, 1.165) is 25.7 Å². The summed E-state index contributed by atoms with van der Waals surface area (Å²) in [5.74, 6) is 0.684. The van der Waals surface area contributed by atoms with E-state index in [-0.39, 0.29) is 24.3 Å². The van der Waals surface area contributed by atoms with Crippen LogP contribution in [-0.2, 0) is 9.59 Å². The molecule has 4 unspecified atom stereocenters. The summed E-state index contributed by atoms with van der Waals surface area (Å²) in [7, 11) is 0. The number of hydrogen-bond acceptors (Lipinski definition) is 2.